The molecule has 11 heavy (non-hydrogen) atoms. The number of likely N-dealkylation sites (tertiary alicyclic amines) is 1. The molecule has 2 heteroatoms. The van der Waals surface area contributed by atoms with Gasteiger partial charge in [-0.1, -0.05) is 0 Å². The Morgan fingerprint density at radius 2 is 2.36 bits per heavy atom. The summed E-state index contributed by atoms with van der Waals surface area (Å²) in [7, 11) is 2.14. The third kappa shape index (κ3) is 1.00. The maximum atomic E-state index is 5.09. The van der Waals surface area contributed by atoms with Gasteiger partial charge in [0.05, 0.1) is 5.54 Å². The Hall–Kier alpha value is -0.680. The molecule has 2 aliphatic heterocycles. The fourth-order valence-corrected chi connectivity index (χ4v) is 1.76. The van der Waals surface area contributed by atoms with Crippen LogP contribution in [0.5, 0.6) is 0 Å². The van der Waals surface area contributed by atoms with Gasteiger partial charge < -0.3 is 4.74 Å². The topological polar surface area (TPSA) is 12.5 Å². The Balaban J connectivity index is 2.14. The van der Waals surface area contributed by atoms with E-state index in [2.05, 4.69) is 24.0 Å². The number of hydrogen-bond donors (Lipinski definition) is 0. The highest BCUT2D eigenvalue weighted by Gasteiger charge is 2.41. The van der Waals surface area contributed by atoms with Crippen LogP contribution in [0, 0.1) is 12.0 Å². The Kier molecular flexibility index (Phi) is 1.54. The molecule has 60 valence electrons. The average molecular weight is 151 g/mol. The fraction of sp³-hybridized carbons (Fsp3) is 0.778. The lowest BCUT2D eigenvalue weighted by Crippen LogP contribution is -2.56. The van der Waals surface area contributed by atoms with Crippen LogP contribution in [-0.2, 0) is 4.74 Å². The Morgan fingerprint density at radius 1 is 1.45 bits per heavy atom. The monoisotopic (exact) mass is 151 g/mol. The molecule has 0 aromatic carbocycles. The van der Waals surface area contributed by atoms with Crippen molar-refractivity contribution in [2.45, 2.75) is 24.8 Å². The van der Waals surface area contributed by atoms with Crippen molar-refractivity contribution in [1.82, 2.24) is 4.90 Å². The van der Waals surface area contributed by atoms with E-state index >= 15 is 0 Å². The summed E-state index contributed by atoms with van der Waals surface area (Å²) in [5.74, 6) is 3.20. The zero-order valence-electron chi connectivity index (χ0n) is 6.89. The molecule has 1 atom stereocenters. The minimum Gasteiger partial charge on any atom is -0.447 e. The molecule has 0 radical (unpaired) electrons. The van der Waals surface area contributed by atoms with Crippen LogP contribution in [0.4, 0.5) is 0 Å². The standard InChI is InChI=1S/C9H13NO/c1-10-6-4-9(10)3-2-7-11-8-5-9/h2-4,6-7H2,1H3/t9-/m1/s1. The second-order valence-electron chi connectivity index (χ2n) is 3.38. The van der Waals surface area contributed by atoms with Gasteiger partial charge in [-0.15, -0.1) is 0 Å². The maximum Gasteiger partial charge on any atom is 0.112 e. The zero-order valence-corrected chi connectivity index (χ0v) is 6.89. The van der Waals surface area contributed by atoms with E-state index < -0.39 is 0 Å². The van der Waals surface area contributed by atoms with Crippen molar-refractivity contribution in [3.8, 4) is 12.0 Å². The zero-order chi connectivity index (χ0) is 7.73. The van der Waals surface area contributed by atoms with Crippen LogP contribution >= 0.6 is 0 Å². The van der Waals surface area contributed by atoms with Crippen LogP contribution in [0.1, 0.15) is 19.3 Å². The molecule has 0 saturated carbocycles. The molecule has 2 aliphatic rings. The Labute approximate surface area is 67.5 Å². The quantitative estimate of drug-likeness (QED) is 0.475. The first-order chi connectivity index (χ1) is 5.33. The first kappa shape index (κ1) is 7.00. The van der Waals surface area contributed by atoms with Gasteiger partial charge in [0.1, 0.15) is 12.7 Å². The fourth-order valence-electron chi connectivity index (χ4n) is 1.76. The van der Waals surface area contributed by atoms with Crippen molar-refractivity contribution in [3.63, 3.8) is 0 Å². The van der Waals surface area contributed by atoms with Crippen molar-refractivity contribution in [2.24, 2.45) is 0 Å². The van der Waals surface area contributed by atoms with Gasteiger partial charge in [-0.25, -0.2) is 0 Å². The molecule has 0 aliphatic carbocycles. The first-order valence-corrected chi connectivity index (χ1v) is 4.19. The molecule has 0 aromatic rings. The van der Waals surface area contributed by atoms with Crippen molar-refractivity contribution >= 4 is 0 Å². The third-order valence-electron chi connectivity index (χ3n) is 2.78. The highest BCUT2D eigenvalue weighted by atomic mass is 16.5. The lowest BCUT2D eigenvalue weighted by Gasteiger charge is -2.46. The predicted octanol–water partition coefficient (Wildman–Crippen LogP) is 0.832. The summed E-state index contributed by atoms with van der Waals surface area (Å²) in [6.45, 7) is 2.00. The molecular formula is C9H13NO. The molecule has 2 rings (SSSR count). The van der Waals surface area contributed by atoms with Gasteiger partial charge in [0, 0.05) is 6.54 Å². The predicted molar refractivity (Wildman–Crippen MR) is 42.9 cm³/mol. The lowest BCUT2D eigenvalue weighted by atomic mass is 9.82. The molecule has 1 saturated heterocycles. The van der Waals surface area contributed by atoms with E-state index in [0.29, 0.717) is 0 Å². The van der Waals surface area contributed by atoms with Gasteiger partial charge in [-0.05, 0) is 32.2 Å². The molecule has 1 spiro atoms. The minimum absolute atomic E-state index is 0.191. The van der Waals surface area contributed by atoms with Crippen LogP contribution in [0.2, 0.25) is 0 Å². The van der Waals surface area contributed by atoms with E-state index in [0.717, 1.165) is 13.0 Å². The number of nitrogens with zero attached hydrogens (tertiary/aromatic N) is 1. The van der Waals surface area contributed by atoms with Gasteiger partial charge in [0.25, 0.3) is 0 Å². The van der Waals surface area contributed by atoms with Gasteiger partial charge >= 0.3 is 0 Å². The first-order valence-electron chi connectivity index (χ1n) is 4.19. The molecule has 1 fully saturated rings. The summed E-state index contributed by atoms with van der Waals surface area (Å²) in [6.07, 6.45) is 6.31. The van der Waals surface area contributed by atoms with E-state index in [1.54, 1.807) is 0 Å². The van der Waals surface area contributed by atoms with E-state index in [9.17, 15) is 0 Å². The van der Waals surface area contributed by atoms with E-state index in [1.165, 1.54) is 19.4 Å². The average Bonchev–Trinajstić information content (AvgIpc) is 2.28. The third-order valence-corrected chi connectivity index (χ3v) is 2.78. The maximum absolute atomic E-state index is 5.09. The van der Waals surface area contributed by atoms with Gasteiger partial charge in [0.15, 0.2) is 0 Å². The van der Waals surface area contributed by atoms with Gasteiger partial charge in [0.2, 0.25) is 0 Å². The smallest absolute Gasteiger partial charge is 0.112 e. The molecule has 0 N–H and O–H groups in total. The van der Waals surface area contributed by atoms with Crippen LogP contribution in [0.15, 0.2) is 0 Å². The van der Waals surface area contributed by atoms with Crippen molar-refractivity contribution in [2.75, 3.05) is 20.2 Å². The highest BCUT2D eigenvalue weighted by Crippen LogP contribution is 2.33. The summed E-state index contributed by atoms with van der Waals surface area (Å²) in [6, 6.07) is 0. The normalized spacial score (nSPS) is 36.5. The van der Waals surface area contributed by atoms with E-state index in [-0.39, 0.29) is 5.54 Å². The molecule has 0 bridgehead atoms. The molecule has 2 nitrogen and oxygen atoms in total. The summed E-state index contributed by atoms with van der Waals surface area (Å²) < 4.78 is 5.09. The summed E-state index contributed by atoms with van der Waals surface area (Å²) >= 11 is 0. The molecule has 2 heterocycles. The van der Waals surface area contributed by atoms with Crippen LogP contribution < -0.4 is 0 Å². The second kappa shape index (κ2) is 2.42. The van der Waals surface area contributed by atoms with Crippen LogP contribution in [-0.4, -0.2) is 30.6 Å². The Bertz CT molecular complexity index is 215. The SMILES string of the molecule is CN1CC[C@]12C#COCCC2. The summed E-state index contributed by atoms with van der Waals surface area (Å²) in [5.41, 5.74) is 0.191. The summed E-state index contributed by atoms with van der Waals surface area (Å²) in [5, 5.41) is 0. The van der Waals surface area contributed by atoms with Gasteiger partial charge in [-0.2, -0.15) is 0 Å². The number of ether oxygens (including phenoxy) is 1. The minimum atomic E-state index is 0.191. The molecule has 0 aromatic heterocycles. The van der Waals surface area contributed by atoms with E-state index in [1.807, 2.05) is 0 Å². The lowest BCUT2D eigenvalue weighted by molar-refractivity contribution is 0.0537. The van der Waals surface area contributed by atoms with Crippen LogP contribution in [0.3, 0.4) is 0 Å². The Morgan fingerprint density at radius 3 is 3.00 bits per heavy atom. The van der Waals surface area contributed by atoms with Crippen molar-refractivity contribution in [3.05, 3.63) is 0 Å². The summed E-state index contributed by atoms with van der Waals surface area (Å²) in [4.78, 5) is 2.33. The van der Waals surface area contributed by atoms with Crippen molar-refractivity contribution < 1.29 is 4.74 Å². The molecular weight excluding hydrogens is 138 g/mol. The second-order valence-corrected chi connectivity index (χ2v) is 3.38. The van der Waals surface area contributed by atoms with Gasteiger partial charge in [-0.3, -0.25) is 4.90 Å². The highest BCUT2D eigenvalue weighted by molar-refractivity contribution is 5.21. The number of hydrogen-bond acceptors (Lipinski definition) is 2. The number of rotatable bonds is 0. The van der Waals surface area contributed by atoms with Crippen molar-refractivity contribution in [1.29, 1.82) is 0 Å². The largest absolute Gasteiger partial charge is 0.447 e. The van der Waals surface area contributed by atoms with Crippen LogP contribution in [0.25, 0.3) is 0 Å². The molecule has 0 amide bonds. The molecule has 0 unspecified atom stereocenters. The van der Waals surface area contributed by atoms with E-state index in [4.69, 9.17) is 4.74 Å².